The normalized spacial score (nSPS) is 10.8. The minimum Gasteiger partial charge on any atom is -0.435 e. The Morgan fingerprint density at radius 2 is 1.71 bits per heavy atom. The monoisotopic (exact) mass is 382 g/mol. The Labute approximate surface area is 162 Å². The van der Waals surface area contributed by atoms with E-state index in [-0.39, 0.29) is 11.7 Å². The molecule has 0 aliphatic carbocycles. The second kappa shape index (κ2) is 8.61. The van der Waals surface area contributed by atoms with Gasteiger partial charge in [-0.2, -0.15) is 8.78 Å². The molecule has 0 N–H and O–H groups in total. The van der Waals surface area contributed by atoms with E-state index in [2.05, 4.69) is 9.72 Å². The van der Waals surface area contributed by atoms with E-state index in [1.807, 2.05) is 43.3 Å². The third-order valence-electron chi connectivity index (χ3n) is 4.30. The number of hydrogen-bond donors (Lipinski definition) is 0. The van der Waals surface area contributed by atoms with Crippen LogP contribution in [-0.4, -0.2) is 29.5 Å². The molecule has 1 amide bonds. The van der Waals surface area contributed by atoms with E-state index in [4.69, 9.17) is 0 Å². The molecule has 0 aliphatic rings. The van der Waals surface area contributed by atoms with E-state index in [9.17, 15) is 13.6 Å². The van der Waals surface area contributed by atoms with Crippen LogP contribution in [0.4, 0.5) is 8.78 Å². The number of ether oxygens (including phenoxy) is 1. The third kappa shape index (κ3) is 4.71. The second-order valence-corrected chi connectivity index (χ2v) is 6.38. The summed E-state index contributed by atoms with van der Waals surface area (Å²) in [6, 6.07) is 19.6. The first-order chi connectivity index (χ1) is 13.4. The number of amides is 1. The van der Waals surface area contributed by atoms with E-state index in [1.165, 1.54) is 12.1 Å². The number of carbonyl (C=O) groups is 1. The van der Waals surface area contributed by atoms with Gasteiger partial charge in [-0.05, 0) is 36.8 Å². The molecule has 144 valence electrons. The lowest BCUT2D eigenvalue weighted by atomic mass is 10.1. The molecule has 0 radical (unpaired) electrons. The Hall–Kier alpha value is -3.28. The van der Waals surface area contributed by atoms with Gasteiger partial charge in [0.25, 0.3) is 5.91 Å². The number of aryl methyl sites for hydroxylation is 1. The number of nitrogens with zero attached hydrogens (tertiary/aromatic N) is 2. The molecule has 0 fully saturated rings. The zero-order valence-corrected chi connectivity index (χ0v) is 15.6. The second-order valence-electron chi connectivity index (χ2n) is 6.38. The average Bonchev–Trinajstić information content (AvgIpc) is 2.69. The van der Waals surface area contributed by atoms with Crippen molar-refractivity contribution in [1.29, 1.82) is 0 Å². The highest BCUT2D eigenvalue weighted by Gasteiger charge is 2.16. The molecule has 0 bridgehead atoms. The van der Waals surface area contributed by atoms with Crippen LogP contribution < -0.4 is 4.74 Å². The first-order valence-electron chi connectivity index (χ1n) is 8.76. The molecule has 4 nitrogen and oxygen atoms in total. The van der Waals surface area contributed by atoms with Crippen molar-refractivity contribution in [3.05, 3.63) is 83.6 Å². The molecule has 0 atom stereocenters. The highest BCUT2D eigenvalue weighted by molar-refractivity contribution is 5.95. The number of benzene rings is 2. The van der Waals surface area contributed by atoms with Gasteiger partial charge in [0.05, 0.1) is 17.0 Å². The van der Waals surface area contributed by atoms with Crippen molar-refractivity contribution in [3.63, 3.8) is 0 Å². The first-order valence-corrected chi connectivity index (χ1v) is 8.76. The van der Waals surface area contributed by atoms with Crippen molar-refractivity contribution in [1.82, 2.24) is 9.88 Å². The fourth-order valence-corrected chi connectivity index (χ4v) is 2.88. The largest absolute Gasteiger partial charge is 0.435 e. The van der Waals surface area contributed by atoms with Crippen molar-refractivity contribution in [3.8, 4) is 17.0 Å². The van der Waals surface area contributed by atoms with E-state index in [0.717, 1.165) is 16.8 Å². The van der Waals surface area contributed by atoms with Crippen LogP contribution in [0, 0.1) is 6.92 Å². The number of hydrogen-bond acceptors (Lipinski definition) is 3. The Morgan fingerprint density at radius 1 is 1.04 bits per heavy atom. The van der Waals surface area contributed by atoms with Crippen LogP contribution in [0.5, 0.6) is 5.75 Å². The molecule has 3 rings (SSSR count). The maximum atomic E-state index is 12.8. The van der Waals surface area contributed by atoms with E-state index < -0.39 is 6.61 Å². The summed E-state index contributed by atoms with van der Waals surface area (Å²) in [7, 11) is 1.69. The van der Waals surface area contributed by atoms with Crippen molar-refractivity contribution in [2.24, 2.45) is 0 Å². The molecule has 0 saturated carbocycles. The molecule has 0 spiro atoms. The fraction of sp³-hybridized carbons (Fsp3) is 0.182. The minimum atomic E-state index is -2.86. The number of alkyl halides is 2. The fourth-order valence-electron chi connectivity index (χ4n) is 2.88. The molecule has 3 aromatic rings. The predicted octanol–water partition coefficient (Wildman–Crippen LogP) is 4.93. The molecular formula is C22H20F2N2O2. The molecule has 0 saturated heterocycles. The SMILES string of the molecule is Cc1nc(-c2ccccc2)ccc1C(=O)N(C)Cc1ccc(OC(F)F)cc1. The highest BCUT2D eigenvalue weighted by atomic mass is 19.3. The number of rotatable bonds is 6. The molecule has 1 aromatic heterocycles. The van der Waals surface area contributed by atoms with Gasteiger partial charge < -0.3 is 9.64 Å². The number of carbonyl (C=O) groups excluding carboxylic acids is 1. The van der Waals surface area contributed by atoms with E-state index >= 15 is 0 Å². The molecule has 0 unspecified atom stereocenters. The van der Waals surface area contributed by atoms with Gasteiger partial charge >= 0.3 is 6.61 Å². The molecule has 0 aliphatic heterocycles. The first kappa shape index (κ1) is 19.5. The highest BCUT2D eigenvalue weighted by Crippen LogP contribution is 2.20. The summed E-state index contributed by atoms with van der Waals surface area (Å²) in [6.45, 7) is -0.707. The maximum Gasteiger partial charge on any atom is 0.387 e. The third-order valence-corrected chi connectivity index (χ3v) is 4.30. The summed E-state index contributed by atoms with van der Waals surface area (Å²) in [6.07, 6.45) is 0. The molecule has 1 heterocycles. The Kier molecular flexibility index (Phi) is 5.99. The number of aromatic nitrogens is 1. The van der Waals surface area contributed by atoms with Gasteiger partial charge in [-0.1, -0.05) is 42.5 Å². The van der Waals surface area contributed by atoms with E-state index in [1.54, 1.807) is 30.1 Å². The van der Waals surface area contributed by atoms with Crippen molar-refractivity contribution in [2.75, 3.05) is 7.05 Å². The summed E-state index contributed by atoms with van der Waals surface area (Å²) in [4.78, 5) is 18.9. The quantitative estimate of drug-likeness (QED) is 0.607. The zero-order chi connectivity index (χ0) is 20.1. The van der Waals surface area contributed by atoms with Gasteiger partial charge in [0, 0.05) is 19.2 Å². The van der Waals surface area contributed by atoms with Gasteiger partial charge in [-0.25, -0.2) is 0 Å². The van der Waals surface area contributed by atoms with Crippen molar-refractivity contribution >= 4 is 5.91 Å². The van der Waals surface area contributed by atoms with Crippen molar-refractivity contribution < 1.29 is 18.3 Å². The van der Waals surface area contributed by atoms with Gasteiger partial charge in [-0.3, -0.25) is 9.78 Å². The van der Waals surface area contributed by atoms with Gasteiger partial charge in [0.1, 0.15) is 5.75 Å². The summed E-state index contributed by atoms with van der Waals surface area (Å²) >= 11 is 0. The lowest BCUT2D eigenvalue weighted by molar-refractivity contribution is -0.0498. The lowest BCUT2D eigenvalue weighted by Gasteiger charge is -2.19. The van der Waals surface area contributed by atoms with Crippen molar-refractivity contribution in [2.45, 2.75) is 20.1 Å². The standard InChI is InChI=1S/C22H20F2N2O2/c1-15-19(12-13-20(25-15)17-6-4-3-5-7-17)21(27)26(2)14-16-8-10-18(11-9-16)28-22(23)24/h3-13,22H,14H2,1-2H3. The van der Waals surface area contributed by atoms with Crippen LogP contribution in [-0.2, 0) is 6.54 Å². The van der Waals surface area contributed by atoms with Gasteiger partial charge in [0.2, 0.25) is 0 Å². The summed E-state index contributed by atoms with van der Waals surface area (Å²) in [5.74, 6) is -0.0678. The Balaban J connectivity index is 1.71. The van der Waals surface area contributed by atoms with Crippen LogP contribution in [0.3, 0.4) is 0 Å². The Morgan fingerprint density at radius 3 is 2.32 bits per heavy atom. The molecule has 28 heavy (non-hydrogen) atoms. The van der Waals surface area contributed by atoms with Crippen LogP contribution in [0.2, 0.25) is 0 Å². The zero-order valence-electron chi connectivity index (χ0n) is 15.6. The number of pyridine rings is 1. The lowest BCUT2D eigenvalue weighted by Crippen LogP contribution is -2.27. The van der Waals surface area contributed by atoms with Crippen LogP contribution in [0.25, 0.3) is 11.3 Å². The summed E-state index contributed by atoms with van der Waals surface area (Å²) in [5.41, 5.74) is 3.79. The molecule has 6 heteroatoms. The van der Waals surface area contributed by atoms with Crippen LogP contribution >= 0.6 is 0 Å². The maximum absolute atomic E-state index is 12.8. The predicted molar refractivity (Wildman–Crippen MR) is 103 cm³/mol. The van der Waals surface area contributed by atoms with Gasteiger partial charge in [-0.15, -0.1) is 0 Å². The molecule has 2 aromatic carbocycles. The Bertz CT molecular complexity index is 945. The summed E-state index contributed by atoms with van der Waals surface area (Å²) in [5, 5.41) is 0. The number of halogens is 2. The van der Waals surface area contributed by atoms with E-state index in [0.29, 0.717) is 17.8 Å². The average molecular weight is 382 g/mol. The topological polar surface area (TPSA) is 42.4 Å². The van der Waals surface area contributed by atoms with Gasteiger partial charge in [0.15, 0.2) is 0 Å². The van der Waals surface area contributed by atoms with Crippen LogP contribution in [0.1, 0.15) is 21.6 Å². The molecular weight excluding hydrogens is 362 g/mol. The minimum absolute atomic E-state index is 0.0873. The smallest absolute Gasteiger partial charge is 0.387 e. The van der Waals surface area contributed by atoms with Crippen LogP contribution in [0.15, 0.2) is 66.7 Å². The summed E-state index contributed by atoms with van der Waals surface area (Å²) < 4.78 is 28.8.